The van der Waals surface area contributed by atoms with Gasteiger partial charge in [-0.25, -0.2) is 9.97 Å². The molecule has 0 fully saturated rings. The van der Waals surface area contributed by atoms with E-state index in [4.69, 9.17) is 0 Å². The molecule has 4 aromatic rings. The van der Waals surface area contributed by atoms with Crippen LogP contribution in [0.4, 0.5) is 11.6 Å². The average Bonchev–Trinajstić information content (AvgIpc) is 3.16. The Morgan fingerprint density at radius 2 is 1.95 bits per heavy atom. The van der Waals surface area contributed by atoms with Crippen LogP contribution >= 0.6 is 11.3 Å². The molecule has 0 saturated heterocycles. The van der Waals surface area contributed by atoms with Crippen molar-refractivity contribution in [1.29, 1.82) is 0 Å². The van der Waals surface area contributed by atoms with E-state index in [9.17, 15) is 0 Å². The highest BCUT2D eigenvalue weighted by atomic mass is 32.1. The van der Waals surface area contributed by atoms with Crippen molar-refractivity contribution in [2.45, 2.75) is 0 Å². The van der Waals surface area contributed by atoms with E-state index in [1.54, 1.807) is 11.3 Å². The number of anilines is 2. The SMILES string of the molecule is c1ccc(Nc2nc3ccc(-c4nccs4)cc3[nH]2)cc1. The number of nitrogens with one attached hydrogen (secondary N) is 2. The monoisotopic (exact) mass is 292 g/mol. The second-order valence-electron chi connectivity index (χ2n) is 4.65. The first-order chi connectivity index (χ1) is 10.4. The number of fused-ring (bicyclic) bond motifs is 1. The van der Waals surface area contributed by atoms with Gasteiger partial charge in [-0.1, -0.05) is 18.2 Å². The van der Waals surface area contributed by atoms with Gasteiger partial charge in [-0.15, -0.1) is 11.3 Å². The van der Waals surface area contributed by atoms with Gasteiger partial charge in [0.05, 0.1) is 11.0 Å². The third kappa shape index (κ3) is 2.39. The molecular formula is C16H12N4S. The molecular weight excluding hydrogens is 280 g/mol. The molecule has 0 aliphatic carbocycles. The molecule has 4 nitrogen and oxygen atoms in total. The standard InChI is InChI=1S/C16H12N4S/c1-2-4-12(5-3-1)18-16-19-13-7-6-11(10-14(13)20-16)15-17-8-9-21-15/h1-10H,(H2,18,19,20). The second kappa shape index (κ2) is 5.03. The van der Waals surface area contributed by atoms with Crippen molar-refractivity contribution in [3.63, 3.8) is 0 Å². The van der Waals surface area contributed by atoms with Crippen LogP contribution in [0.3, 0.4) is 0 Å². The summed E-state index contributed by atoms with van der Waals surface area (Å²) < 4.78 is 0. The molecule has 0 bridgehead atoms. The average molecular weight is 292 g/mol. The molecule has 0 aliphatic rings. The van der Waals surface area contributed by atoms with Crippen molar-refractivity contribution in [2.75, 3.05) is 5.32 Å². The molecule has 102 valence electrons. The molecule has 2 N–H and O–H groups in total. The van der Waals surface area contributed by atoms with Crippen LogP contribution in [-0.4, -0.2) is 15.0 Å². The Morgan fingerprint density at radius 3 is 2.76 bits per heavy atom. The minimum Gasteiger partial charge on any atom is -0.326 e. The van der Waals surface area contributed by atoms with E-state index >= 15 is 0 Å². The minimum atomic E-state index is 0.743. The summed E-state index contributed by atoms with van der Waals surface area (Å²) in [7, 11) is 0. The van der Waals surface area contributed by atoms with E-state index in [0.29, 0.717) is 0 Å². The summed E-state index contributed by atoms with van der Waals surface area (Å²) in [5.74, 6) is 0.743. The third-order valence-corrected chi connectivity index (χ3v) is 4.02. The van der Waals surface area contributed by atoms with E-state index in [1.165, 1.54) is 0 Å². The molecule has 0 spiro atoms. The number of H-pyrrole nitrogens is 1. The first-order valence-corrected chi connectivity index (χ1v) is 7.48. The fourth-order valence-corrected chi connectivity index (χ4v) is 2.86. The normalized spacial score (nSPS) is 10.9. The van der Waals surface area contributed by atoms with Gasteiger partial charge in [0, 0.05) is 22.8 Å². The van der Waals surface area contributed by atoms with E-state index in [0.717, 1.165) is 33.2 Å². The fraction of sp³-hybridized carbons (Fsp3) is 0. The molecule has 21 heavy (non-hydrogen) atoms. The lowest BCUT2D eigenvalue weighted by molar-refractivity contribution is 1.31. The number of para-hydroxylation sites is 1. The summed E-state index contributed by atoms with van der Waals surface area (Å²) in [6.07, 6.45) is 1.82. The van der Waals surface area contributed by atoms with Gasteiger partial charge in [0.15, 0.2) is 0 Å². The molecule has 0 radical (unpaired) electrons. The van der Waals surface area contributed by atoms with Gasteiger partial charge in [-0.05, 0) is 30.3 Å². The predicted molar refractivity (Wildman–Crippen MR) is 86.9 cm³/mol. The van der Waals surface area contributed by atoms with Crippen molar-refractivity contribution in [1.82, 2.24) is 15.0 Å². The van der Waals surface area contributed by atoms with Gasteiger partial charge in [-0.3, -0.25) is 0 Å². The summed E-state index contributed by atoms with van der Waals surface area (Å²) in [6, 6.07) is 16.1. The smallest absolute Gasteiger partial charge is 0.205 e. The van der Waals surface area contributed by atoms with Crippen LogP contribution in [0, 0.1) is 0 Å². The van der Waals surface area contributed by atoms with Crippen LogP contribution < -0.4 is 5.32 Å². The Bertz CT molecular complexity index is 866. The highest BCUT2D eigenvalue weighted by Crippen LogP contribution is 2.26. The second-order valence-corrected chi connectivity index (χ2v) is 5.54. The zero-order chi connectivity index (χ0) is 14.1. The quantitative estimate of drug-likeness (QED) is 0.587. The van der Waals surface area contributed by atoms with E-state index in [2.05, 4.69) is 26.3 Å². The number of rotatable bonds is 3. The Kier molecular flexibility index (Phi) is 2.90. The van der Waals surface area contributed by atoms with Crippen LogP contribution in [0.1, 0.15) is 0 Å². The Balaban J connectivity index is 1.70. The lowest BCUT2D eigenvalue weighted by atomic mass is 10.2. The molecule has 0 unspecified atom stereocenters. The number of aromatic nitrogens is 3. The zero-order valence-corrected chi connectivity index (χ0v) is 11.9. The minimum absolute atomic E-state index is 0.743. The topological polar surface area (TPSA) is 53.6 Å². The molecule has 0 saturated carbocycles. The van der Waals surface area contributed by atoms with Crippen LogP contribution in [-0.2, 0) is 0 Å². The van der Waals surface area contributed by atoms with Crippen molar-refractivity contribution >= 4 is 34.0 Å². The summed E-state index contributed by atoms with van der Waals surface area (Å²) in [4.78, 5) is 12.2. The van der Waals surface area contributed by atoms with Gasteiger partial charge in [-0.2, -0.15) is 0 Å². The number of hydrogen-bond donors (Lipinski definition) is 2. The molecule has 2 heterocycles. The molecule has 4 rings (SSSR count). The van der Waals surface area contributed by atoms with E-state index in [-0.39, 0.29) is 0 Å². The summed E-state index contributed by atoms with van der Waals surface area (Å²) in [5.41, 5.74) is 4.05. The van der Waals surface area contributed by atoms with Gasteiger partial charge in [0.25, 0.3) is 0 Å². The number of aromatic amines is 1. The fourth-order valence-electron chi connectivity index (χ4n) is 2.23. The summed E-state index contributed by atoms with van der Waals surface area (Å²) in [6.45, 7) is 0. The van der Waals surface area contributed by atoms with Crippen molar-refractivity contribution < 1.29 is 0 Å². The third-order valence-electron chi connectivity index (χ3n) is 3.20. The molecule has 0 aliphatic heterocycles. The lowest BCUT2D eigenvalue weighted by Gasteiger charge is -2.00. The number of hydrogen-bond acceptors (Lipinski definition) is 4. The summed E-state index contributed by atoms with van der Waals surface area (Å²) >= 11 is 1.63. The molecule has 5 heteroatoms. The molecule has 2 aromatic heterocycles. The maximum atomic E-state index is 4.55. The maximum absolute atomic E-state index is 4.55. The predicted octanol–water partition coefficient (Wildman–Crippen LogP) is 4.43. The number of benzene rings is 2. The highest BCUT2D eigenvalue weighted by molar-refractivity contribution is 7.13. The first-order valence-electron chi connectivity index (χ1n) is 6.60. The molecule has 0 amide bonds. The molecule has 2 aromatic carbocycles. The van der Waals surface area contributed by atoms with E-state index < -0.39 is 0 Å². The lowest BCUT2D eigenvalue weighted by Crippen LogP contribution is -1.90. The number of imidazole rings is 1. The Hall–Kier alpha value is -2.66. The van der Waals surface area contributed by atoms with Gasteiger partial charge in [0.1, 0.15) is 5.01 Å². The van der Waals surface area contributed by atoms with Crippen LogP contribution in [0.25, 0.3) is 21.6 Å². The van der Waals surface area contributed by atoms with Crippen LogP contribution in [0.15, 0.2) is 60.1 Å². The van der Waals surface area contributed by atoms with Crippen LogP contribution in [0.5, 0.6) is 0 Å². The number of thiazole rings is 1. The maximum Gasteiger partial charge on any atom is 0.205 e. The van der Waals surface area contributed by atoms with Crippen LogP contribution in [0.2, 0.25) is 0 Å². The van der Waals surface area contributed by atoms with Gasteiger partial charge in [0.2, 0.25) is 5.95 Å². The number of nitrogens with zero attached hydrogens (tertiary/aromatic N) is 2. The van der Waals surface area contributed by atoms with Crippen molar-refractivity contribution in [2.24, 2.45) is 0 Å². The van der Waals surface area contributed by atoms with Gasteiger partial charge >= 0.3 is 0 Å². The molecule has 0 atom stereocenters. The zero-order valence-electron chi connectivity index (χ0n) is 11.1. The van der Waals surface area contributed by atoms with Crippen molar-refractivity contribution in [3.05, 3.63) is 60.1 Å². The largest absolute Gasteiger partial charge is 0.326 e. The van der Waals surface area contributed by atoms with Gasteiger partial charge < -0.3 is 10.3 Å². The Labute approximate surface area is 125 Å². The summed E-state index contributed by atoms with van der Waals surface area (Å²) in [5, 5.41) is 6.27. The highest BCUT2D eigenvalue weighted by Gasteiger charge is 2.06. The first kappa shape index (κ1) is 12.1. The van der Waals surface area contributed by atoms with E-state index in [1.807, 2.05) is 54.0 Å². The van der Waals surface area contributed by atoms with Crippen molar-refractivity contribution in [3.8, 4) is 10.6 Å². The Morgan fingerprint density at radius 1 is 1.05 bits per heavy atom.